The van der Waals surface area contributed by atoms with Crippen LogP contribution in [-0.4, -0.2) is 15.7 Å². The summed E-state index contributed by atoms with van der Waals surface area (Å²) in [5.74, 6) is -0.429. The van der Waals surface area contributed by atoms with E-state index in [1.54, 1.807) is 53.3 Å². The molecule has 0 bridgehead atoms. The smallest absolute Gasteiger partial charge is 0.252 e. The van der Waals surface area contributed by atoms with Crippen molar-refractivity contribution in [2.24, 2.45) is 5.73 Å². The van der Waals surface area contributed by atoms with Crippen LogP contribution in [0.5, 0.6) is 5.75 Å². The Hall–Kier alpha value is -3.15. The van der Waals surface area contributed by atoms with E-state index in [0.717, 1.165) is 5.69 Å². The van der Waals surface area contributed by atoms with Gasteiger partial charge in [0.2, 0.25) is 0 Å². The number of benzene rings is 2. The summed E-state index contributed by atoms with van der Waals surface area (Å²) in [4.78, 5) is 11.3. The summed E-state index contributed by atoms with van der Waals surface area (Å²) >= 11 is 0. The van der Waals surface area contributed by atoms with Gasteiger partial charge in [-0.1, -0.05) is 12.1 Å². The zero-order chi connectivity index (χ0) is 16.2. The fourth-order valence-corrected chi connectivity index (χ4v) is 2.12. The van der Waals surface area contributed by atoms with E-state index in [1.165, 1.54) is 12.1 Å². The molecule has 2 aromatic carbocycles. The van der Waals surface area contributed by atoms with Crippen LogP contribution < -0.4 is 10.5 Å². The molecule has 0 aliphatic rings. The van der Waals surface area contributed by atoms with Gasteiger partial charge < -0.3 is 10.5 Å². The second kappa shape index (κ2) is 6.31. The molecule has 0 unspecified atom stereocenters. The number of primary amides is 1. The number of carbonyl (C=O) groups excluding carboxylic acids is 1. The molecule has 5 nitrogen and oxygen atoms in total. The number of carbonyl (C=O) groups is 1. The Bertz CT molecular complexity index is 828. The van der Waals surface area contributed by atoms with Crippen molar-refractivity contribution < 1.29 is 13.9 Å². The molecule has 1 amide bonds. The number of nitrogens with two attached hydrogens (primary N) is 1. The molecule has 0 aliphatic heterocycles. The fourth-order valence-electron chi connectivity index (χ4n) is 2.12. The summed E-state index contributed by atoms with van der Waals surface area (Å²) in [5, 5.41) is 4.35. The number of hydrogen-bond acceptors (Lipinski definition) is 3. The Morgan fingerprint density at radius 1 is 1.13 bits per heavy atom. The predicted molar refractivity (Wildman–Crippen MR) is 82.8 cm³/mol. The van der Waals surface area contributed by atoms with Gasteiger partial charge in [0.1, 0.15) is 23.9 Å². The second-order valence-electron chi connectivity index (χ2n) is 4.88. The number of amides is 1. The summed E-state index contributed by atoms with van der Waals surface area (Å²) in [7, 11) is 0. The average molecular weight is 311 g/mol. The van der Waals surface area contributed by atoms with Crippen LogP contribution in [0.2, 0.25) is 0 Å². The molecule has 0 fully saturated rings. The molecule has 23 heavy (non-hydrogen) atoms. The van der Waals surface area contributed by atoms with Crippen molar-refractivity contribution in [3.05, 3.63) is 77.9 Å². The van der Waals surface area contributed by atoms with Crippen LogP contribution in [0.3, 0.4) is 0 Å². The van der Waals surface area contributed by atoms with Crippen LogP contribution in [0.25, 0.3) is 5.69 Å². The fraction of sp³-hybridized carbons (Fsp3) is 0.0588. The maximum absolute atomic E-state index is 12.9. The van der Waals surface area contributed by atoms with Crippen molar-refractivity contribution >= 4 is 5.91 Å². The molecule has 3 aromatic rings. The average Bonchev–Trinajstić information content (AvgIpc) is 3.03. The zero-order valence-corrected chi connectivity index (χ0v) is 12.1. The molecule has 116 valence electrons. The van der Waals surface area contributed by atoms with E-state index in [2.05, 4.69) is 5.10 Å². The number of ether oxygens (including phenoxy) is 1. The van der Waals surface area contributed by atoms with E-state index in [-0.39, 0.29) is 12.4 Å². The lowest BCUT2D eigenvalue weighted by molar-refractivity contribution is 0.0996. The molecule has 6 heteroatoms. The van der Waals surface area contributed by atoms with Gasteiger partial charge in [0.25, 0.3) is 5.91 Å². The summed E-state index contributed by atoms with van der Waals surface area (Å²) in [5.41, 5.74) is 7.05. The number of para-hydroxylation sites is 1. The van der Waals surface area contributed by atoms with Gasteiger partial charge in [-0.15, -0.1) is 0 Å². The van der Waals surface area contributed by atoms with Gasteiger partial charge in [0.05, 0.1) is 11.3 Å². The van der Waals surface area contributed by atoms with Crippen molar-refractivity contribution in [3.8, 4) is 11.4 Å². The summed E-state index contributed by atoms with van der Waals surface area (Å²) < 4.78 is 20.2. The normalized spacial score (nSPS) is 10.5. The Kier molecular flexibility index (Phi) is 4.05. The topological polar surface area (TPSA) is 70.1 Å². The number of halogens is 1. The first-order valence-electron chi connectivity index (χ1n) is 6.95. The maximum atomic E-state index is 12.9. The zero-order valence-electron chi connectivity index (χ0n) is 12.1. The van der Waals surface area contributed by atoms with E-state index in [0.29, 0.717) is 17.0 Å². The van der Waals surface area contributed by atoms with E-state index in [9.17, 15) is 9.18 Å². The molecular weight excluding hydrogens is 297 g/mol. The van der Waals surface area contributed by atoms with Gasteiger partial charge in [-0.2, -0.15) is 5.10 Å². The Balaban J connectivity index is 1.73. The highest BCUT2D eigenvalue weighted by Gasteiger charge is 2.09. The molecule has 0 saturated heterocycles. The predicted octanol–water partition coefficient (Wildman–Crippen LogP) is 2.69. The van der Waals surface area contributed by atoms with Crippen molar-refractivity contribution in [1.82, 2.24) is 9.78 Å². The minimum atomic E-state index is -0.544. The molecule has 0 atom stereocenters. The Morgan fingerprint density at radius 2 is 1.87 bits per heavy atom. The lowest BCUT2D eigenvalue weighted by atomic mass is 10.2. The number of rotatable bonds is 5. The molecule has 0 spiro atoms. The SMILES string of the molecule is NC(=O)c1ccccc1OCc1ccn(-c2ccc(F)cc2)n1. The van der Waals surface area contributed by atoms with Gasteiger partial charge in [-0.05, 0) is 42.5 Å². The van der Waals surface area contributed by atoms with E-state index >= 15 is 0 Å². The quantitative estimate of drug-likeness (QED) is 0.787. The van der Waals surface area contributed by atoms with Gasteiger partial charge in [-0.3, -0.25) is 4.79 Å². The molecular formula is C17H14FN3O2. The maximum Gasteiger partial charge on any atom is 0.252 e. The van der Waals surface area contributed by atoms with Gasteiger partial charge in [-0.25, -0.2) is 9.07 Å². The summed E-state index contributed by atoms with van der Waals surface area (Å²) in [6, 6.07) is 14.6. The third-order valence-corrected chi connectivity index (χ3v) is 3.26. The third kappa shape index (κ3) is 3.37. The van der Waals surface area contributed by atoms with Crippen LogP contribution in [0.1, 0.15) is 16.1 Å². The van der Waals surface area contributed by atoms with E-state index in [4.69, 9.17) is 10.5 Å². The van der Waals surface area contributed by atoms with Crippen LogP contribution in [0.4, 0.5) is 4.39 Å². The number of nitrogens with zero attached hydrogens (tertiary/aromatic N) is 2. The lowest BCUT2D eigenvalue weighted by Gasteiger charge is -2.07. The van der Waals surface area contributed by atoms with Crippen molar-refractivity contribution in [2.75, 3.05) is 0 Å². The molecule has 3 rings (SSSR count). The second-order valence-corrected chi connectivity index (χ2v) is 4.88. The third-order valence-electron chi connectivity index (χ3n) is 3.26. The van der Waals surface area contributed by atoms with Gasteiger partial charge in [0, 0.05) is 6.20 Å². The van der Waals surface area contributed by atoms with Gasteiger partial charge in [0.15, 0.2) is 0 Å². The van der Waals surface area contributed by atoms with Crippen molar-refractivity contribution in [1.29, 1.82) is 0 Å². The van der Waals surface area contributed by atoms with E-state index in [1.807, 2.05) is 0 Å². The van der Waals surface area contributed by atoms with E-state index < -0.39 is 5.91 Å². The van der Waals surface area contributed by atoms with Crippen LogP contribution >= 0.6 is 0 Å². The number of aromatic nitrogens is 2. The molecule has 2 N–H and O–H groups in total. The van der Waals surface area contributed by atoms with Gasteiger partial charge >= 0.3 is 0 Å². The van der Waals surface area contributed by atoms with Crippen LogP contribution in [0, 0.1) is 5.82 Å². The minimum Gasteiger partial charge on any atom is -0.486 e. The molecule has 0 saturated carbocycles. The summed E-state index contributed by atoms with van der Waals surface area (Å²) in [6.07, 6.45) is 1.76. The molecule has 1 aromatic heterocycles. The Labute approximate surface area is 132 Å². The minimum absolute atomic E-state index is 0.193. The van der Waals surface area contributed by atoms with Crippen LogP contribution in [0.15, 0.2) is 60.8 Å². The van der Waals surface area contributed by atoms with Crippen molar-refractivity contribution in [2.45, 2.75) is 6.61 Å². The first-order valence-corrected chi connectivity index (χ1v) is 6.95. The monoisotopic (exact) mass is 311 g/mol. The first kappa shape index (κ1) is 14.8. The van der Waals surface area contributed by atoms with Crippen molar-refractivity contribution in [3.63, 3.8) is 0 Å². The Morgan fingerprint density at radius 3 is 2.61 bits per heavy atom. The highest BCUT2D eigenvalue weighted by atomic mass is 19.1. The molecule has 0 aliphatic carbocycles. The number of hydrogen-bond donors (Lipinski definition) is 1. The highest BCUT2D eigenvalue weighted by molar-refractivity contribution is 5.95. The van der Waals surface area contributed by atoms with Crippen LogP contribution in [-0.2, 0) is 6.61 Å². The largest absolute Gasteiger partial charge is 0.486 e. The lowest BCUT2D eigenvalue weighted by Crippen LogP contribution is -2.13. The molecule has 0 radical (unpaired) electrons. The summed E-state index contributed by atoms with van der Waals surface area (Å²) in [6.45, 7) is 0.193. The highest BCUT2D eigenvalue weighted by Crippen LogP contribution is 2.18. The molecule has 1 heterocycles. The first-order chi connectivity index (χ1) is 11.1. The standard InChI is InChI=1S/C17H14FN3O2/c18-12-5-7-14(8-6-12)21-10-9-13(20-21)11-23-16-4-2-1-3-15(16)17(19)22/h1-10H,11H2,(H2,19,22).